The summed E-state index contributed by atoms with van der Waals surface area (Å²) in [5.74, 6) is -0.190. The summed E-state index contributed by atoms with van der Waals surface area (Å²) in [7, 11) is 0. The second kappa shape index (κ2) is 8.75. The number of hydrogen-bond acceptors (Lipinski definition) is 6. The van der Waals surface area contributed by atoms with E-state index in [1.807, 2.05) is 0 Å². The molecule has 0 saturated carbocycles. The van der Waals surface area contributed by atoms with Gasteiger partial charge in [0.15, 0.2) is 5.78 Å². The van der Waals surface area contributed by atoms with E-state index in [4.69, 9.17) is 0 Å². The van der Waals surface area contributed by atoms with Crippen molar-refractivity contribution < 1.29 is 14.4 Å². The minimum atomic E-state index is -0.403. The molecule has 0 atom stereocenters. The van der Waals surface area contributed by atoms with Gasteiger partial charge in [-0.2, -0.15) is 0 Å². The number of nitrogens with one attached hydrogen (secondary N) is 3. The van der Waals surface area contributed by atoms with Crippen LogP contribution in [0.1, 0.15) is 34.7 Å². The second-order valence-electron chi connectivity index (χ2n) is 6.26. The van der Waals surface area contributed by atoms with Crippen molar-refractivity contribution in [2.75, 3.05) is 16.0 Å². The first-order valence-corrected chi connectivity index (χ1v) is 8.80. The number of hydrogen-bond donors (Lipinski definition) is 3. The Kier molecular flexibility index (Phi) is 5.94. The van der Waals surface area contributed by atoms with Gasteiger partial charge >= 0.3 is 0 Å². The summed E-state index contributed by atoms with van der Waals surface area (Å²) in [5, 5.41) is 8.46. The van der Waals surface area contributed by atoms with Crippen LogP contribution in [0.2, 0.25) is 0 Å². The van der Waals surface area contributed by atoms with Gasteiger partial charge < -0.3 is 16.0 Å². The van der Waals surface area contributed by atoms with Gasteiger partial charge in [-0.1, -0.05) is 12.1 Å². The first kappa shape index (κ1) is 19.7. The highest BCUT2D eigenvalue weighted by Gasteiger charge is 2.10. The summed E-state index contributed by atoms with van der Waals surface area (Å²) in [6.45, 7) is 2.92. The molecular formula is C21H19N5O3. The van der Waals surface area contributed by atoms with E-state index in [0.29, 0.717) is 28.4 Å². The highest BCUT2D eigenvalue weighted by Crippen LogP contribution is 2.18. The van der Waals surface area contributed by atoms with Crippen molar-refractivity contribution in [3.05, 3.63) is 72.2 Å². The quantitative estimate of drug-likeness (QED) is 0.555. The molecule has 0 saturated heterocycles. The molecule has 0 aliphatic carbocycles. The van der Waals surface area contributed by atoms with Gasteiger partial charge in [0.1, 0.15) is 17.8 Å². The maximum atomic E-state index is 12.5. The number of rotatable bonds is 6. The SMILES string of the molecule is CC(=O)Nc1ccc(NC(=O)c2cc(Nc3cccc(C(C)=O)c3)ncn2)cc1. The highest BCUT2D eigenvalue weighted by atomic mass is 16.2. The van der Waals surface area contributed by atoms with Crippen molar-refractivity contribution in [2.45, 2.75) is 13.8 Å². The number of nitrogens with zero attached hydrogens (tertiary/aromatic N) is 2. The lowest BCUT2D eigenvalue weighted by atomic mass is 10.1. The van der Waals surface area contributed by atoms with Crippen LogP contribution in [0.4, 0.5) is 22.9 Å². The fourth-order valence-electron chi connectivity index (χ4n) is 2.55. The molecule has 29 heavy (non-hydrogen) atoms. The minimum Gasteiger partial charge on any atom is -0.340 e. The summed E-state index contributed by atoms with van der Waals surface area (Å²) in [6, 6.07) is 15.2. The molecule has 3 rings (SSSR count). The Bertz CT molecular complexity index is 1060. The smallest absolute Gasteiger partial charge is 0.274 e. The zero-order valence-electron chi connectivity index (χ0n) is 15.9. The molecule has 0 unspecified atom stereocenters. The Morgan fingerprint density at radius 3 is 2.14 bits per heavy atom. The van der Waals surface area contributed by atoms with E-state index in [1.54, 1.807) is 48.5 Å². The topological polar surface area (TPSA) is 113 Å². The van der Waals surface area contributed by atoms with Crippen molar-refractivity contribution in [2.24, 2.45) is 0 Å². The van der Waals surface area contributed by atoms with Crippen LogP contribution in [-0.2, 0) is 4.79 Å². The molecule has 0 fully saturated rings. The van der Waals surface area contributed by atoms with Gasteiger partial charge in [0.2, 0.25) is 5.91 Å². The van der Waals surface area contributed by atoms with Crippen LogP contribution in [0.3, 0.4) is 0 Å². The van der Waals surface area contributed by atoms with E-state index < -0.39 is 5.91 Å². The number of anilines is 4. The Hall–Kier alpha value is -4.07. The van der Waals surface area contributed by atoms with Crippen molar-refractivity contribution in [1.82, 2.24) is 9.97 Å². The number of aromatic nitrogens is 2. The summed E-state index contributed by atoms with van der Waals surface area (Å²) in [4.78, 5) is 43.2. The van der Waals surface area contributed by atoms with Gasteiger partial charge in [-0.25, -0.2) is 9.97 Å². The molecule has 1 heterocycles. The third-order valence-electron chi connectivity index (χ3n) is 3.90. The lowest BCUT2D eigenvalue weighted by molar-refractivity contribution is -0.114. The van der Waals surface area contributed by atoms with Gasteiger partial charge in [-0.3, -0.25) is 14.4 Å². The third-order valence-corrected chi connectivity index (χ3v) is 3.90. The molecule has 2 amide bonds. The third kappa shape index (κ3) is 5.46. The lowest BCUT2D eigenvalue weighted by Gasteiger charge is -2.09. The maximum absolute atomic E-state index is 12.5. The number of Topliss-reactive ketones (excluding diaryl/α,β-unsaturated/α-hetero) is 1. The Morgan fingerprint density at radius 2 is 1.48 bits per heavy atom. The first-order chi connectivity index (χ1) is 13.9. The lowest BCUT2D eigenvalue weighted by Crippen LogP contribution is -2.14. The predicted octanol–water partition coefficient (Wildman–Crippen LogP) is 3.63. The normalized spacial score (nSPS) is 10.1. The van der Waals surface area contributed by atoms with E-state index >= 15 is 0 Å². The monoisotopic (exact) mass is 389 g/mol. The standard InChI is InChI=1S/C21H19N5O3/c1-13(27)15-4-3-5-18(10-15)25-20-11-19(22-12-23-20)21(29)26-17-8-6-16(7-9-17)24-14(2)28/h3-12H,1-2H3,(H,24,28)(H,26,29)(H,22,23,25). The molecule has 3 N–H and O–H groups in total. The molecular weight excluding hydrogens is 370 g/mol. The van der Waals surface area contributed by atoms with Crippen LogP contribution in [0.5, 0.6) is 0 Å². The predicted molar refractivity (Wildman–Crippen MR) is 110 cm³/mol. The van der Waals surface area contributed by atoms with Crippen molar-refractivity contribution in [1.29, 1.82) is 0 Å². The summed E-state index contributed by atoms with van der Waals surface area (Å²) in [5.41, 5.74) is 2.63. The van der Waals surface area contributed by atoms with Crippen LogP contribution in [-0.4, -0.2) is 27.6 Å². The van der Waals surface area contributed by atoms with E-state index in [9.17, 15) is 14.4 Å². The van der Waals surface area contributed by atoms with Crippen molar-refractivity contribution in [3.8, 4) is 0 Å². The number of carbonyl (C=O) groups excluding carboxylic acids is 3. The Labute approximate surface area is 167 Å². The second-order valence-corrected chi connectivity index (χ2v) is 6.26. The van der Waals surface area contributed by atoms with Gasteiger partial charge in [0, 0.05) is 35.6 Å². The van der Waals surface area contributed by atoms with Crippen LogP contribution in [0, 0.1) is 0 Å². The number of amides is 2. The van der Waals surface area contributed by atoms with E-state index in [-0.39, 0.29) is 17.4 Å². The molecule has 8 heteroatoms. The minimum absolute atomic E-state index is 0.0408. The van der Waals surface area contributed by atoms with E-state index in [2.05, 4.69) is 25.9 Å². The zero-order valence-corrected chi connectivity index (χ0v) is 15.9. The molecule has 0 radical (unpaired) electrons. The largest absolute Gasteiger partial charge is 0.340 e. The summed E-state index contributed by atoms with van der Waals surface area (Å²) >= 11 is 0. The van der Waals surface area contributed by atoms with Gasteiger partial charge in [0.05, 0.1) is 0 Å². The van der Waals surface area contributed by atoms with Crippen LogP contribution in [0.25, 0.3) is 0 Å². The van der Waals surface area contributed by atoms with Gasteiger partial charge in [0.25, 0.3) is 5.91 Å². The van der Waals surface area contributed by atoms with Crippen molar-refractivity contribution >= 4 is 40.5 Å². The maximum Gasteiger partial charge on any atom is 0.274 e. The summed E-state index contributed by atoms with van der Waals surface area (Å²) in [6.07, 6.45) is 1.28. The fourth-order valence-corrected chi connectivity index (χ4v) is 2.55. The first-order valence-electron chi connectivity index (χ1n) is 8.80. The number of benzene rings is 2. The average Bonchev–Trinajstić information content (AvgIpc) is 2.69. The summed E-state index contributed by atoms with van der Waals surface area (Å²) < 4.78 is 0. The van der Waals surface area contributed by atoms with Crippen LogP contribution < -0.4 is 16.0 Å². The molecule has 3 aromatic rings. The molecule has 1 aromatic heterocycles. The molecule has 0 bridgehead atoms. The van der Waals surface area contributed by atoms with E-state index in [0.717, 1.165) is 0 Å². The zero-order chi connectivity index (χ0) is 20.8. The van der Waals surface area contributed by atoms with E-state index in [1.165, 1.54) is 26.2 Å². The van der Waals surface area contributed by atoms with Gasteiger partial charge in [-0.15, -0.1) is 0 Å². The van der Waals surface area contributed by atoms with Crippen LogP contribution in [0.15, 0.2) is 60.9 Å². The Morgan fingerprint density at radius 1 is 0.793 bits per heavy atom. The van der Waals surface area contributed by atoms with Crippen molar-refractivity contribution in [3.63, 3.8) is 0 Å². The molecule has 2 aromatic carbocycles. The highest BCUT2D eigenvalue weighted by molar-refractivity contribution is 6.03. The van der Waals surface area contributed by atoms with Crippen LogP contribution >= 0.6 is 0 Å². The fraction of sp³-hybridized carbons (Fsp3) is 0.0952. The average molecular weight is 389 g/mol. The molecule has 0 aliphatic heterocycles. The van der Waals surface area contributed by atoms with Gasteiger partial charge in [-0.05, 0) is 43.3 Å². The number of carbonyl (C=O) groups is 3. The molecule has 0 spiro atoms. The molecule has 146 valence electrons. The Balaban J connectivity index is 1.70. The molecule has 8 nitrogen and oxygen atoms in total. The molecule has 0 aliphatic rings. The number of ketones is 1.